The molecule has 3 amide bonds. The number of hydrazine groups is 1. The molecule has 1 saturated heterocycles. The smallest absolute Gasteiger partial charge is 0.274 e. The number of imide groups is 1. The van der Waals surface area contributed by atoms with Crippen LogP contribution in [0.3, 0.4) is 0 Å². The second kappa shape index (κ2) is 7.39. The minimum Gasteiger partial charge on any atom is -0.292 e. The van der Waals surface area contributed by atoms with E-state index in [1.807, 2.05) is 0 Å². The molecule has 0 unspecified atom stereocenters. The van der Waals surface area contributed by atoms with Crippen LogP contribution in [-0.4, -0.2) is 40.1 Å². The number of carbonyl (C=O) groups is 4. The van der Waals surface area contributed by atoms with Gasteiger partial charge in [0.15, 0.2) is 5.78 Å². The maximum absolute atomic E-state index is 13.6. The van der Waals surface area contributed by atoms with Crippen LogP contribution >= 0.6 is 11.6 Å². The van der Waals surface area contributed by atoms with Crippen LogP contribution in [0.4, 0.5) is 0 Å². The van der Waals surface area contributed by atoms with Gasteiger partial charge in [0.05, 0.1) is 22.4 Å². The lowest BCUT2D eigenvalue weighted by atomic mass is 9.63. The fourth-order valence-corrected chi connectivity index (χ4v) is 6.25. The number of allylic oxidation sites excluding steroid dienone is 2. The predicted molar refractivity (Wildman–Crippen MR) is 120 cm³/mol. The number of hydrogen-bond donors (Lipinski definition) is 0. The van der Waals surface area contributed by atoms with Crippen LogP contribution in [-0.2, 0) is 9.59 Å². The molecule has 3 fully saturated rings. The van der Waals surface area contributed by atoms with Gasteiger partial charge < -0.3 is 0 Å². The first-order chi connectivity index (χ1) is 16.0. The summed E-state index contributed by atoms with van der Waals surface area (Å²) < 4.78 is 0. The summed E-state index contributed by atoms with van der Waals surface area (Å²) in [7, 11) is 0. The van der Waals surface area contributed by atoms with E-state index in [-0.39, 0.29) is 28.2 Å². The van der Waals surface area contributed by atoms with Crippen LogP contribution in [0.25, 0.3) is 0 Å². The molecule has 2 bridgehead atoms. The van der Waals surface area contributed by atoms with Crippen molar-refractivity contribution in [2.45, 2.75) is 6.42 Å². The normalized spacial score (nSPS) is 30.8. The van der Waals surface area contributed by atoms with Gasteiger partial charge in [-0.25, -0.2) is 5.01 Å². The molecule has 2 aromatic carbocycles. The highest BCUT2D eigenvalue weighted by Crippen LogP contribution is 2.65. The van der Waals surface area contributed by atoms with Crippen LogP contribution in [0, 0.1) is 35.5 Å². The third kappa shape index (κ3) is 3.00. The lowest BCUT2D eigenvalue weighted by Gasteiger charge is -2.37. The van der Waals surface area contributed by atoms with Crippen molar-refractivity contribution in [3.63, 3.8) is 0 Å². The highest BCUT2D eigenvalue weighted by molar-refractivity contribution is 6.34. The van der Waals surface area contributed by atoms with Crippen molar-refractivity contribution in [3.8, 4) is 0 Å². The quantitative estimate of drug-likeness (QED) is 0.388. The Morgan fingerprint density at radius 1 is 0.879 bits per heavy atom. The molecule has 2 aromatic rings. The molecule has 0 radical (unpaired) electrons. The number of ketones is 1. The van der Waals surface area contributed by atoms with Crippen molar-refractivity contribution in [3.05, 3.63) is 82.9 Å². The first-order valence-electron chi connectivity index (χ1n) is 11.2. The Kier molecular flexibility index (Phi) is 4.56. The number of rotatable bonds is 5. The van der Waals surface area contributed by atoms with Gasteiger partial charge in [-0.1, -0.05) is 66.2 Å². The zero-order valence-electron chi connectivity index (χ0n) is 17.6. The summed E-state index contributed by atoms with van der Waals surface area (Å²) in [4.78, 5) is 53.9. The molecule has 33 heavy (non-hydrogen) atoms. The average Bonchev–Trinajstić information content (AvgIpc) is 3.62. The molecule has 6 nitrogen and oxygen atoms in total. The van der Waals surface area contributed by atoms with Gasteiger partial charge in [-0.3, -0.25) is 19.2 Å². The summed E-state index contributed by atoms with van der Waals surface area (Å²) in [6, 6.07) is 15.0. The number of carbonyl (C=O) groups excluding carboxylic acids is 4. The summed E-state index contributed by atoms with van der Waals surface area (Å²) in [5, 5.41) is 2.14. The highest BCUT2D eigenvalue weighted by atomic mass is 35.5. The fourth-order valence-electron chi connectivity index (χ4n) is 6.04. The Morgan fingerprint density at radius 2 is 1.45 bits per heavy atom. The molecule has 0 spiro atoms. The molecule has 7 heteroatoms. The second-order valence-corrected chi connectivity index (χ2v) is 9.68. The van der Waals surface area contributed by atoms with Gasteiger partial charge in [0, 0.05) is 5.56 Å². The number of Topliss-reactive ketones (excluding diaryl/α,β-unsaturated/α-hetero) is 1. The third-order valence-corrected chi connectivity index (χ3v) is 7.94. The van der Waals surface area contributed by atoms with Crippen molar-refractivity contribution >= 4 is 35.1 Å². The third-order valence-electron chi connectivity index (χ3n) is 7.61. The molecule has 2 saturated carbocycles. The molecule has 4 aliphatic carbocycles. The molecular formula is C26H21ClN2O4. The zero-order valence-corrected chi connectivity index (χ0v) is 18.4. The largest absolute Gasteiger partial charge is 0.292 e. The number of amides is 3. The van der Waals surface area contributed by atoms with E-state index < -0.39 is 36.1 Å². The number of halogens is 1. The molecule has 6 atom stereocenters. The van der Waals surface area contributed by atoms with Crippen molar-refractivity contribution in [1.29, 1.82) is 0 Å². The average molecular weight is 461 g/mol. The van der Waals surface area contributed by atoms with E-state index >= 15 is 0 Å². The molecule has 1 heterocycles. The monoisotopic (exact) mass is 460 g/mol. The maximum atomic E-state index is 13.6. The molecule has 5 aliphatic rings. The van der Waals surface area contributed by atoms with E-state index in [4.69, 9.17) is 11.6 Å². The first kappa shape index (κ1) is 20.4. The van der Waals surface area contributed by atoms with Crippen LogP contribution < -0.4 is 0 Å². The van der Waals surface area contributed by atoms with Gasteiger partial charge >= 0.3 is 0 Å². The first-order valence-corrected chi connectivity index (χ1v) is 11.6. The molecule has 0 aromatic heterocycles. The predicted octanol–water partition coefficient (Wildman–Crippen LogP) is 3.63. The van der Waals surface area contributed by atoms with Gasteiger partial charge in [0.25, 0.3) is 17.7 Å². The van der Waals surface area contributed by atoms with Gasteiger partial charge in [-0.2, -0.15) is 5.01 Å². The Bertz CT molecular complexity index is 1190. The van der Waals surface area contributed by atoms with Crippen molar-refractivity contribution < 1.29 is 19.2 Å². The van der Waals surface area contributed by atoms with Crippen LogP contribution in [0.1, 0.15) is 27.1 Å². The van der Waals surface area contributed by atoms with Crippen LogP contribution in [0.15, 0.2) is 66.7 Å². The van der Waals surface area contributed by atoms with Crippen LogP contribution in [0.5, 0.6) is 0 Å². The lowest BCUT2D eigenvalue weighted by molar-refractivity contribution is -0.154. The summed E-state index contributed by atoms with van der Waals surface area (Å²) in [6.45, 7) is -0.430. The van der Waals surface area contributed by atoms with E-state index in [2.05, 4.69) is 12.2 Å². The van der Waals surface area contributed by atoms with Gasteiger partial charge in [0.2, 0.25) is 0 Å². The van der Waals surface area contributed by atoms with Crippen molar-refractivity contribution in [2.75, 3.05) is 6.54 Å². The van der Waals surface area contributed by atoms with E-state index in [1.54, 1.807) is 48.5 Å². The SMILES string of the molecule is O=C(CN(C(=O)c1ccccc1Cl)N1C(=O)[C@@H]2[C@H]3C=C[C@@H]([C@@H]4C[C@@H]34)[C@H]2C1=O)c1ccccc1. The zero-order chi connectivity index (χ0) is 22.9. The standard InChI is InChI=1S/C26H21ClN2O4/c27-20-9-5-4-8-17(20)24(31)28(13-21(30)14-6-2-1-3-7-14)29-25(32)22-15-10-11-16(19-12-18(15)19)23(22)26(29)33/h1-11,15-16,18-19,22-23H,12-13H2/t15-,16-,18-,19-,22+,23+/m0/s1. The van der Waals surface area contributed by atoms with E-state index in [0.717, 1.165) is 16.4 Å². The maximum Gasteiger partial charge on any atom is 0.274 e. The molecule has 0 N–H and O–H groups in total. The Balaban J connectivity index is 1.38. The summed E-state index contributed by atoms with van der Waals surface area (Å²) in [5.74, 6) is -1.80. The summed E-state index contributed by atoms with van der Waals surface area (Å²) >= 11 is 6.27. The Labute approximate surface area is 195 Å². The minimum atomic E-state index is -0.643. The molecule has 1 aliphatic heterocycles. The Morgan fingerprint density at radius 3 is 2.06 bits per heavy atom. The highest BCUT2D eigenvalue weighted by Gasteiger charge is 2.68. The topological polar surface area (TPSA) is 74.8 Å². The van der Waals surface area contributed by atoms with Gasteiger partial charge in [-0.05, 0) is 42.2 Å². The van der Waals surface area contributed by atoms with E-state index in [0.29, 0.717) is 17.4 Å². The molecule has 7 rings (SSSR count). The van der Waals surface area contributed by atoms with E-state index in [1.165, 1.54) is 6.07 Å². The van der Waals surface area contributed by atoms with Gasteiger partial charge in [0.1, 0.15) is 6.54 Å². The lowest BCUT2D eigenvalue weighted by Crippen LogP contribution is -2.52. The molecule has 166 valence electrons. The number of hydrogen-bond acceptors (Lipinski definition) is 4. The van der Waals surface area contributed by atoms with Crippen molar-refractivity contribution in [1.82, 2.24) is 10.0 Å². The van der Waals surface area contributed by atoms with Crippen LogP contribution in [0.2, 0.25) is 5.02 Å². The Hall–Kier alpha value is -3.25. The number of benzene rings is 2. The second-order valence-electron chi connectivity index (χ2n) is 9.27. The number of nitrogens with zero attached hydrogens (tertiary/aromatic N) is 2. The summed E-state index contributed by atoms with van der Waals surface area (Å²) in [5.41, 5.74) is 0.536. The minimum absolute atomic E-state index is 0.0218. The van der Waals surface area contributed by atoms with Crippen molar-refractivity contribution in [2.24, 2.45) is 35.5 Å². The summed E-state index contributed by atoms with van der Waals surface area (Å²) in [6.07, 6.45) is 5.19. The van der Waals surface area contributed by atoms with E-state index in [9.17, 15) is 19.2 Å². The fraction of sp³-hybridized carbons (Fsp3) is 0.308. The van der Waals surface area contributed by atoms with Gasteiger partial charge in [-0.15, -0.1) is 0 Å². The molecular weight excluding hydrogens is 440 g/mol.